The molecule has 0 radical (unpaired) electrons. The summed E-state index contributed by atoms with van der Waals surface area (Å²) in [7, 11) is -2.55. The van der Waals surface area contributed by atoms with Gasteiger partial charge >= 0.3 is 0 Å². The van der Waals surface area contributed by atoms with E-state index in [9.17, 15) is 18.0 Å². The Morgan fingerprint density at radius 1 is 1.00 bits per heavy atom. The molecule has 3 rings (SSSR count). The van der Waals surface area contributed by atoms with E-state index in [1.165, 1.54) is 17.0 Å². The van der Waals surface area contributed by atoms with E-state index in [1.807, 2.05) is 32.9 Å². The van der Waals surface area contributed by atoms with Crippen LogP contribution in [0.1, 0.15) is 37.8 Å². The monoisotopic (exact) mass is 629 g/mol. The molecule has 0 aliphatic rings. The number of ether oxygens (including phenoxy) is 1. The highest BCUT2D eigenvalue weighted by molar-refractivity contribution is 9.10. The first-order chi connectivity index (χ1) is 19.1. The summed E-state index contributed by atoms with van der Waals surface area (Å²) in [6, 6.07) is 19.7. The number of methoxy groups -OCH3 is 1. The highest BCUT2D eigenvalue weighted by Gasteiger charge is 2.33. The summed E-state index contributed by atoms with van der Waals surface area (Å²) in [5.74, 6) is -0.106. The van der Waals surface area contributed by atoms with Gasteiger partial charge in [0.25, 0.3) is 10.0 Å². The van der Waals surface area contributed by atoms with Crippen molar-refractivity contribution in [1.29, 1.82) is 0 Å². The van der Waals surface area contributed by atoms with Crippen LogP contribution in [0.2, 0.25) is 0 Å². The van der Waals surface area contributed by atoms with Crippen LogP contribution in [-0.4, -0.2) is 51.4 Å². The number of rotatable bonds is 13. The molecule has 0 fully saturated rings. The third-order valence-electron chi connectivity index (χ3n) is 6.43. The van der Waals surface area contributed by atoms with Gasteiger partial charge in [-0.15, -0.1) is 0 Å². The van der Waals surface area contributed by atoms with Gasteiger partial charge in [0, 0.05) is 17.6 Å². The van der Waals surface area contributed by atoms with E-state index in [2.05, 4.69) is 21.2 Å². The van der Waals surface area contributed by atoms with Gasteiger partial charge in [-0.3, -0.25) is 13.9 Å². The molecular formula is C30H36BrN3O5S. The van der Waals surface area contributed by atoms with Gasteiger partial charge in [-0.1, -0.05) is 65.7 Å². The summed E-state index contributed by atoms with van der Waals surface area (Å²) in [5, 5.41) is 2.89. The molecule has 0 aliphatic heterocycles. The first-order valence-corrected chi connectivity index (χ1v) is 15.4. The number of hydrogen-bond donors (Lipinski definition) is 1. The molecule has 2 amide bonds. The van der Waals surface area contributed by atoms with E-state index >= 15 is 0 Å². The van der Waals surface area contributed by atoms with Crippen LogP contribution in [0.15, 0.2) is 82.2 Å². The Labute approximate surface area is 245 Å². The SMILES string of the molecule is CCCNC(=O)[C@@H](CC)N(Cc1ccc(OC)cc1)C(=O)CN(c1cccc(Br)c1)S(=O)(=O)c1ccc(C)cc1. The number of aryl methyl sites for hydroxylation is 1. The van der Waals surface area contributed by atoms with Crippen LogP contribution in [0.3, 0.4) is 0 Å². The lowest BCUT2D eigenvalue weighted by atomic mass is 10.1. The lowest BCUT2D eigenvalue weighted by Gasteiger charge is -2.33. The first-order valence-electron chi connectivity index (χ1n) is 13.2. The van der Waals surface area contributed by atoms with Crippen LogP contribution in [-0.2, 0) is 26.2 Å². The maximum atomic E-state index is 14.1. The Balaban J connectivity index is 2.04. The number of halogens is 1. The van der Waals surface area contributed by atoms with Crippen molar-refractivity contribution in [3.05, 3.63) is 88.4 Å². The Hall–Kier alpha value is -3.37. The highest BCUT2D eigenvalue weighted by Crippen LogP contribution is 2.27. The number of sulfonamides is 1. The summed E-state index contributed by atoms with van der Waals surface area (Å²) in [4.78, 5) is 28.7. The van der Waals surface area contributed by atoms with Crippen molar-refractivity contribution in [2.45, 2.75) is 51.1 Å². The predicted octanol–water partition coefficient (Wildman–Crippen LogP) is 5.30. The maximum Gasteiger partial charge on any atom is 0.264 e. The Morgan fingerprint density at radius 2 is 1.68 bits per heavy atom. The molecule has 0 aromatic heterocycles. The molecule has 3 aromatic rings. The summed E-state index contributed by atoms with van der Waals surface area (Å²) < 4.78 is 34.8. The maximum absolute atomic E-state index is 14.1. The number of hydrogen-bond acceptors (Lipinski definition) is 5. The van der Waals surface area contributed by atoms with Crippen LogP contribution >= 0.6 is 15.9 Å². The number of benzene rings is 3. The fourth-order valence-electron chi connectivity index (χ4n) is 4.21. The smallest absolute Gasteiger partial charge is 0.264 e. The fourth-order valence-corrected chi connectivity index (χ4v) is 6.00. The van der Waals surface area contributed by atoms with E-state index in [0.29, 0.717) is 28.9 Å². The topological polar surface area (TPSA) is 96.0 Å². The molecule has 40 heavy (non-hydrogen) atoms. The molecule has 214 valence electrons. The number of nitrogens with zero attached hydrogens (tertiary/aromatic N) is 2. The molecule has 0 aliphatic carbocycles. The van der Waals surface area contributed by atoms with Gasteiger partial charge in [0.2, 0.25) is 11.8 Å². The Kier molecular flexibility index (Phi) is 11.2. The van der Waals surface area contributed by atoms with Crippen molar-refractivity contribution in [3.8, 4) is 5.75 Å². The molecule has 0 saturated heterocycles. The quantitative estimate of drug-likeness (QED) is 0.277. The summed E-state index contributed by atoms with van der Waals surface area (Å²) >= 11 is 3.41. The molecule has 0 bridgehead atoms. The zero-order valence-electron chi connectivity index (χ0n) is 23.3. The number of carbonyl (C=O) groups excluding carboxylic acids is 2. The number of carbonyl (C=O) groups is 2. The van der Waals surface area contributed by atoms with Crippen LogP contribution in [0.25, 0.3) is 0 Å². The van der Waals surface area contributed by atoms with Gasteiger partial charge < -0.3 is 15.0 Å². The number of nitrogens with one attached hydrogen (secondary N) is 1. The van der Waals surface area contributed by atoms with Gasteiger partial charge in [0.15, 0.2) is 0 Å². The minimum absolute atomic E-state index is 0.0697. The zero-order valence-corrected chi connectivity index (χ0v) is 25.7. The van der Waals surface area contributed by atoms with Gasteiger partial charge in [0.1, 0.15) is 18.3 Å². The fraction of sp³-hybridized carbons (Fsp3) is 0.333. The third kappa shape index (κ3) is 7.85. The van der Waals surface area contributed by atoms with Crippen molar-refractivity contribution in [1.82, 2.24) is 10.2 Å². The molecule has 0 saturated carbocycles. The van der Waals surface area contributed by atoms with Gasteiger partial charge in [-0.25, -0.2) is 8.42 Å². The second-order valence-corrected chi connectivity index (χ2v) is 12.2. The summed E-state index contributed by atoms with van der Waals surface area (Å²) in [6.45, 7) is 5.77. The molecule has 1 atom stereocenters. The van der Waals surface area contributed by atoms with Crippen molar-refractivity contribution >= 4 is 43.5 Å². The van der Waals surface area contributed by atoms with E-state index < -0.39 is 28.5 Å². The van der Waals surface area contributed by atoms with Crippen molar-refractivity contribution < 1.29 is 22.7 Å². The molecule has 3 aromatic carbocycles. The summed E-state index contributed by atoms with van der Waals surface area (Å²) in [6.07, 6.45) is 1.11. The third-order valence-corrected chi connectivity index (χ3v) is 8.71. The largest absolute Gasteiger partial charge is 0.497 e. The summed E-state index contributed by atoms with van der Waals surface area (Å²) in [5.41, 5.74) is 2.03. The normalized spacial score (nSPS) is 11.9. The molecule has 8 nitrogen and oxygen atoms in total. The van der Waals surface area contributed by atoms with E-state index in [0.717, 1.165) is 21.9 Å². The van der Waals surface area contributed by atoms with E-state index in [1.54, 1.807) is 55.6 Å². The number of amides is 2. The van der Waals surface area contributed by atoms with Crippen LogP contribution in [0.4, 0.5) is 5.69 Å². The second kappa shape index (κ2) is 14.3. The lowest BCUT2D eigenvalue weighted by molar-refractivity contribution is -0.140. The average molecular weight is 631 g/mol. The molecular weight excluding hydrogens is 594 g/mol. The van der Waals surface area contributed by atoms with E-state index in [-0.39, 0.29) is 17.3 Å². The molecule has 0 heterocycles. The zero-order chi connectivity index (χ0) is 29.3. The molecule has 1 N–H and O–H groups in total. The van der Waals surface area contributed by atoms with Crippen molar-refractivity contribution in [2.75, 3.05) is 24.5 Å². The van der Waals surface area contributed by atoms with Crippen LogP contribution < -0.4 is 14.4 Å². The van der Waals surface area contributed by atoms with E-state index in [4.69, 9.17) is 4.74 Å². The lowest BCUT2D eigenvalue weighted by Crippen LogP contribution is -2.52. The molecule has 0 spiro atoms. The van der Waals surface area contributed by atoms with Crippen LogP contribution in [0.5, 0.6) is 5.75 Å². The minimum atomic E-state index is -4.12. The van der Waals surface area contributed by atoms with Gasteiger partial charge in [-0.05, 0) is 67.8 Å². The standard InChI is InChI=1S/C30H36BrN3O5S/c1-5-18-32-30(36)28(6-2)33(20-23-12-14-26(39-4)15-13-23)29(35)21-34(25-9-7-8-24(31)19-25)40(37,38)27-16-10-22(3)11-17-27/h7-17,19,28H,5-6,18,20-21H2,1-4H3,(H,32,36)/t28-/m1/s1. The Morgan fingerprint density at radius 3 is 2.25 bits per heavy atom. The van der Waals surface area contributed by atoms with Crippen molar-refractivity contribution in [2.24, 2.45) is 0 Å². The Bertz CT molecular complexity index is 1400. The molecule has 0 unspecified atom stereocenters. The highest BCUT2D eigenvalue weighted by atomic mass is 79.9. The average Bonchev–Trinajstić information content (AvgIpc) is 2.95. The van der Waals surface area contributed by atoms with Gasteiger partial charge in [0.05, 0.1) is 17.7 Å². The molecule has 10 heteroatoms. The van der Waals surface area contributed by atoms with Crippen LogP contribution in [0, 0.1) is 6.92 Å². The van der Waals surface area contributed by atoms with Crippen molar-refractivity contribution in [3.63, 3.8) is 0 Å². The van der Waals surface area contributed by atoms with Gasteiger partial charge in [-0.2, -0.15) is 0 Å². The first kappa shape index (κ1) is 31.2. The minimum Gasteiger partial charge on any atom is -0.497 e. The second-order valence-electron chi connectivity index (χ2n) is 9.39. The predicted molar refractivity (Wildman–Crippen MR) is 161 cm³/mol. The number of anilines is 1.